The van der Waals surface area contributed by atoms with Gasteiger partial charge in [-0.2, -0.15) is 0 Å². The largest absolute Gasteiger partial charge is 0.322 e. The summed E-state index contributed by atoms with van der Waals surface area (Å²) in [6, 6.07) is 8.67. The van der Waals surface area contributed by atoms with Crippen molar-refractivity contribution in [1.82, 2.24) is 0 Å². The fourth-order valence-electron chi connectivity index (χ4n) is 3.09. The third-order valence-electron chi connectivity index (χ3n) is 4.26. The van der Waals surface area contributed by atoms with Crippen LogP contribution in [0.1, 0.15) is 22.3 Å². The van der Waals surface area contributed by atoms with E-state index in [-0.39, 0.29) is 30.6 Å². The van der Waals surface area contributed by atoms with Gasteiger partial charge in [-0.1, -0.05) is 23.8 Å². The number of likely N-dealkylation sites (N-methyl/N-ethyl adjacent to an activating group) is 1. The fourth-order valence-corrected chi connectivity index (χ4v) is 3.09. The van der Waals surface area contributed by atoms with Crippen LogP contribution < -0.4 is 15.5 Å². The first-order valence-corrected chi connectivity index (χ1v) is 8.90. The number of carbonyl (C=O) groups is 2. The molecule has 2 aromatic rings. The quantitative estimate of drug-likeness (QED) is 0.728. The van der Waals surface area contributed by atoms with Crippen molar-refractivity contribution in [3.05, 3.63) is 58.4 Å². The second kappa shape index (κ2) is 8.77. The number of quaternary nitrogens is 1. The van der Waals surface area contributed by atoms with Crippen LogP contribution in [0.15, 0.2) is 30.3 Å². The number of anilines is 2. The predicted molar refractivity (Wildman–Crippen MR) is 106 cm³/mol. The molecule has 1 atom stereocenters. The molecule has 0 saturated carbocycles. The first-order chi connectivity index (χ1) is 12.7. The molecule has 6 heteroatoms. The van der Waals surface area contributed by atoms with Gasteiger partial charge < -0.3 is 15.5 Å². The minimum absolute atomic E-state index is 0.0621. The van der Waals surface area contributed by atoms with Gasteiger partial charge in [0.15, 0.2) is 13.1 Å². The van der Waals surface area contributed by atoms with Crippen LogP contribution in [-0.4, -0.2) is 32.0 Å². The van der Waals surface area contributed by atoms with Crippen molar-refractivity contribution < 1.29 is 18.9 Å². The molecule has 0 saturated heterocycles. The molecular weight excluding hydrogens is 345 g/mol. The lowest BCUT2D eigenvalue weighted by Crippen LogP contribution is -3.11. The molecule has 0 fully saturated rings. The van der Waals surface area contributed by atoms with Crippen LogP contribution in [0.4, 0.5) is 15.8 Å². The highest BCUT2D eigenvalue weighted by atomic mass is 19.1. The molecule has 2 rings (SSSR count). The van der Waals surface area contributed by atoms with E-state index in [1.165, 1.54) is 12.1 Å². The molecule has 2 amide bonds. The minimum Gasteiger partial charge on any atom is -0.322 e. The molecule has 1 unspecified atom stereocenters. The van der Waals surface area contributed by atoms with E-state index in [1.807, 2.05) is 32.9 Å². The van der Waals surface area contributed by atoms with Gasteiger partial charge >= 0.3 is 0 Å². The van der Waals surface area contributed by atoms with E-state index in [4.69, 9.17) is 0 Å². The number of carbonyl (C=O) groups excluding carboxylic acids is 2. The molecule has 0 spiro atoms. The lowest BCUT2D eigenvalue weighted by atomic mass is 10.1. The minimum atomic E-state index is -0.468. The first-order valence-electron chi connectivity index (χ1n) is 8.90. The summed E-state index contributed by atoms with van der Waals surface area (Å²) in [6.07, 6.45) is 0. The third kappa shape index (κ3) is 5.89. The number of nitrogens with one attached hydrogen (secondary N) is 3. The number of aryl methyl sites for hydroxylation is 4. The molecular formula is C21H27FN3O2+. The Morgan fingerprint density at radius 1 is 0.889 bits per heavy atom. The number of amides is 2. The molecule has 27 heavy (non-hydrogen) atoms. The number of benzene rings is 2. The van der Waals surface area contributed by atoms with Crippen LogP contribution in [0.25, 0.3) is 0 Å². The van der Waals surface area contributed by atoms with Crippen LogP contribution >= 0.6 is 0 Å². The highest BCUT2D eigenvalue weighted by Gasteiger charge is 2.17. The summed E-state index contributed by atoms with van der Waals surface area (Å²) in [6.45, 7) is 7.90. The first kappa shape index (κ1) is 20.6. The number of rotatable bonds is 6. The highest BCUT2D eigenvalue weighted by Crippen LogP contribution is 2.21. The van der Waals surface area contributed by atoms with E-state index in [9.17, 15) is 14.0 Å². The van der Waals surface area contributed by atoms with E-state index in [2.05, 4.69) is 10.6 Å². The molecule has 0 aliphatic heterocycles. The second-order valence-corrected chi connectivity index (χ2v) is 7.16. The maximum Gasteiger partial charge on any atom is 0.279 e. The zero-order valence-corrected chi connectivity index (χ0v) is 16.5. The average Bonchev–Trinajstić information content (AvgIpc) is 2.53. The molecule has 0 heterocycles. The zero-order chi connectivity index (χ0) is 20.1. The van der Waals surface area contributed by atoms with Crippen LogP contribution in [-0.2, 0) is 9.59 Å². The Morgan fingerprint density at radius 2 is 1.44 bits per heavy atom. The topological polar surface area (TPSA) is 62.6 Å². The normalized spacial score (nSPS) is 11.8. The molecule has 5 nitrogen and oxygen atoms in total. The van der Waals surface area contributed by atoms with Gasteiger partial charge in [-0.25, -0.2) is 4.39 Å². The van der Waals surface area contributed by atoms with E-state index in [0.717, 1.165) is 27.9 Å². The summed E-state index contributed by atoms with van der Waals surface area (Å²) in [5.74, 6) is -0.980. The standard InChI is InChI=1S/C21H26FN3O2/c1-13-6-7-18(17(22)10-13)23-19(26)11-25(5)12-20(27)24-21-15(3)8-14(2)9-16(21)4/h6-10H,11-12H2,1-5H3,(H,23,26)(H,24,27)/p+1. The van der Waals surface area contributed by atoms with Gasteiger partial charge in [0.2, 0.25) is 0 Å². The number of halogens is 1. The zero-order valence-electron chi connectivity index (χ0n) is 16.5. The van der Waals surface area contributed by atoms with Crippen molar-refractivity contribution >= 4 is 23.2 Å². The van der Waals surface area contributed by atoms with Crippen molar-refractivity contribution in [1.29, 1.82) is 0 Å². The maximum absolute atomic E-state index is 13.8. The second-order valence-electron chi connectivity index (χ2n) is 7.16. The highest BCUT2D eigenvalue weighted by molar-refractivity contribution is 5.94. The van der Waals surface area contributed by atoms with E-state index in [1.54, 1.807) is 20.0 Å². The smallest absolute Gasteiger partial charge is 0.279 e. The van der Waals surface area contributed by atoms with E-state index in [0.29, 0.717) is 4.90 Å². The summed E-state index contributed by atoms with van der Waals surface area (Å²) >= 11 is 0. The third-order valence-corrected chi connectivity index (χ3v) is 4.26. The van der Waals surface area contributed by atoms with Gasteiger partial charge in [0.05, 0.1) is 12.7 Å². The Hall–Kier alpha value is -2.73. The van der Waals surface area contributed by atoms with Gasteiger partial charge in [-0.3, -0.25) is 9.59 Å². The maximum atomic E-state index is 13.8. The number of hydrogen-bond acceptors (Lipinski definition) is 2. The molecule has 0 bridgehead atoms. The Bertz CT molecular complexity index is 841. The van der Waals surface area contributed by atoms with Crippen LogP contribution in [0.2, 0.25) is 0 Å². The van der Waals surface area contributed by atoms with Crippen molar-refractivity contribution in [2.75, 3.05) is 30.8 Å². The van der Waals surface area contributed by atoms with Crippen LogP contribution in [0, 0.1) is 33.5 Å². The van der Waals surface area contributed by atoms with Crippen LogP contribution in [0.3, 0.4) is 0 Å². The van der Waals surface area contributed by atoms with Crippen molar-refractivity contribution in [2.45, 2.75) is 27.7 Å². The summed E-state index contributed by atoms with van der Waals surface area (Å²) in [7, 11) is 1.75. The molecule has 0 radical (unpaired) electrons. The molecule has 0 aliphatic rings. The van der Waals surface area contributed by atoms with Crippen LogP contribution in [0.5, 0.6) is 0 Å². The monoisotopic (exact) mass is 372 g/mol. The summed E-state index contributed by atoms with van der Waals surface area (Å²) in [4.78, 5) is 25.1. The summed E-state index contributed by atoms with van der Waals surface area (Å²) in [5, 5.41) is 5.47. The Kier molecular flexibility index (Phi) is 6.69. The molecule has 2 aromatic carbocycles. The summed E-state index contributed by atoms with van der Waals surface area (Å²) < 4.78 is 13.8. The van der Waals surface area contributed by atoms with Gasteiger partial charge in [-0.15, -0.1) is 0 Å². The average molecular weight is 372 g/mol. The number of hydrogen-bond donors (Lipinski definition) is 3. The SMILES string of the molecule is Cc1cc(C)c(NC(=O)C[NH+](C)CC(=O)Nc2ccc(C)cc2F)c(C)c1. The van der Waals surface area contributed by atoms with E-state index >= 15 is 0 Å². The Labute approximate surface area is 159 Å². The van der Waals surface area contributed by atoms with Crippen molar-refractivity contribution in [3.8, 4) is 0 Å². The van der Waals surface area contributed by atoms with Gasteiger partial charge in [0.1, 0.15) is 5.82 Å². The lowest BCUT2D eigenvalue weighted by Gasteiger charge is -2.16. The Morgan fingerprint density at radius 3 is 2.00 bits per heavy atom. The predicted octanol–water partition coefficient (Wildman–Crippen LogP) is 2.15. The molecule has 144 valence electrons. The van der Waals surface area contributed by atoms with Crippen molar-refractivity contribution in [2.24, 2.45) is 0 Å². The molecule has 0 aromatic heterocycles. The Balaban J connectivity index is 1.90. The van der Waals surface area contributed by atoms with Crippen molar-refractivity contribution in [3.63, 3.8) is 0 Å². The molecule has 3 N–H and O–H groups in total. The molecule has 0 aliphatic carbocycles. The van der Waals surface area contributed by atoms with E-state index < -0.39 is 5.82 Å². The van der Waals surface area contributed by atoms with Gasteiger partial charge in [0, 0.05) is 5.69 Å². The van der Waals surface area contributed by atoms with Gasteiger partial charge in [-0.05, 0) is 56.5 Å². The summed E-state index contributed by atoms with van der Waals surface area (Å²) in [5.41, 5.74) is 4.90. The fraction of sp³-hybridized carbons (Fsp3) is 0.333. The lowest BCUT2D eigenvalue weighted by molar-refractivity contribution is -0.862. The van der Waals surface area contributed by atoms with Gasteiger partial charge in [0.25, 0.3) is 11.8 Å².